The number of benzene rings is 1. The highest BCUT2D eigenvalue weighted by Crippen LogP contribution is 2.24. The van der Waals surface area contributed by atoms with E-state index in [1.807, 2.05) is 12.1 Å². The molecule has 0 aromatic heterocycles. The number of ether oxygens (including phenoxy) is 1. The highest BCUT2D eigenvalue weighted by atomic mass is 32.2. The van der Waals surface area contributed by atoms with Crippen LogP contribution in [0.3, 0.4) is 0 Å². The van der Waals surface area contributed by atoms with Crippen LogP contribution in [0.25, 0.3) is 0 Å². The van der Waals surface area contributed by atoms with Crippen molar-refractivity contribution in [2.45, 2.75) is 17.7 Å². The van der Waals surface area contributed by atoms with Crippen molar-refractivity contribution in [1.29, 1.82) is 0 Å². The minimum absolute atomic E-state index is 0.158. The highest BCUT2D eigenvalue weighted by Gasteiger charge is 2.19. The summed E-state index contributed by atoms with van der Waals surface area (Å²) in [7, 11) is -1.87. The van der Waals surface area contributed by atoms with Crippen LogP contribution >= 0.6 is 0 Å². The van der Waals surface area contributed by atoms with Gasteiger partial charge in [-0.2, -0.15) is 0 Å². The number of nitrogens with zero attached hydrogens (tertiary/aromatic N) is 1. The first-order chi connectivity index (χ1) is 9.00. The van der Waals surface area contributed by atoms with Gasteiger partial charge < -0.3 is 9.64 Å². The molecule has 1 heterocycles. The van der Waals surface area contributed by atoms with E-state index in [0.717, 1.165) is 38.2 Å². The minimum Gasteiger partial charge on any atom is -0.384 e. The Morgan fingerprint density at radius 3 is 2.32 bits per heavy atom. The van der Waals surface area contributed by atoms with Gasteiger partial charge in [-0.1, -0.05) is 0 Å². The molecule has 0 atom stereocenters. The minimum atomic E-state index is -3.60. The van der Waals surface area contributed by atoms with Crippen molar-refractivity contribution in [2.24, 2.45) is 11.1 Å². The van der Waals surface area contributed by atoms with E-state index >= 15 is 0 Å². The molecule has 1 aromatic rings. The van der Waals surface area contributed by atoms with Crippen molar-refractivity contribution in [3.8, 4) is 0 Å². The molecule has 1 fully saturated rings. The Labute approximate surface area is 114 Å². The lowest BCUT2D eigenvalue weighted by molar-refractivity contribution is 0.139. The lowest BCUT2D eigenvalue weighted by atomic mass is 9.97. The Bertz CT molecular complexity index is 505. The number of nitrogens with two attached hydrogens (primary N) is 1. The van der Waals surface area contributed by atoms with Gasteiger partial charge in [0.05, 0.1) is 4.90 Å². The average molecular weight is 284 g/mol. The summed E-state index contributed by atoms with van der Waals surface area (Å²) < 4.78 is 27.5. The SMILES string of the molecule is COCC1CCN(c2ccc(S(N)(=O)=O)cc2)CC1. The number of piperidine rings is 1. The summed E-state index contributed by atoms with van der Waals surface area (Å²) in [6.07, 6.45) is 2.20. The molecule has 0 unspecified atom stereocenters. The van der Waals surface area contributed by atoms with Gasteiger partial charge in [-0.3, -0.25) is 0 Å². The molecule has 0 saturated carbocycles. The zero-order chi connectivity index (χ0) is 13.9. The largest absolute Gasteiger partial charge is 0.384 e. The molecule has 19 heavy (non-hydrogen) atoms. The van der Waals surface area contributed by atoms with E-state index < -0.39 is 10.0 Å². The molecule has 1 aromatic carbocycles. The first kappa shape index (κ1) is 14.3. The fraction of sp³-hybridized carbons (Fsp3) is 0.538. The zero-order valence-electron chi connectivity index (χ0n) is 11.1. The molecule has 1 saturated heterocycles. The molecule has 0 bridgehead atoms. The topological polar surface area (TPSA) is 72.6 Å². The van der Waals surface area contributed by atoms with Crippen LogP contribution in [0.4, 0.5) is 5.69 Å². The number of hydrogen-bond donors (Lipinski definition) is 1. The molecule has 2 N–H and O–H groups in total. The van der Waals surface area contributed by atoms with Crippen molar-refractivity contribution >= 4 is 15.7 Å². The summed E-state index contributed by atoms with van der Waals surface area (Å²) in [5.41, 5.74) is 1.04. The van der Waals surface area contributed by atoms with Gasteiger partial charge in [0.1, 0.15) is 0 Å². The monoisotopic (exact) mass is 284 g/mol. The molecule has 1 aliphatic rings. The van der Waals surface area contributed by atoms with Crippen LogP contribution in [-0.2, 0) is 14.8 Å². The molecule has 0 amide bonds. The lowest BCUT2D eigenvalue weighted by Crippen LogP contribution is -2.34. The number of anilines is 1. The highest BCUT2D eigenvalue weighted by molar-refractivity contribution is 7.89. The van der Waals surface area contributed by atoms with Crippen molar-refractivity contribution in [2.75, 3.05) is 31.7 Å². The molecule has 1 aliphatic heterocycles. The predicted octanol–water partition coefficient (Wildman–Crippen LogP) is 1.20. The first-order valence-corrected chi connectivity index (χ1v) is 7.92. The third-order valence-electron chi connectivity index (χ3n) is 3.55. The van der Waals surface area contributed by atoms with Crippen LogP contribution in [0.15, 0.2) is 29.2 Å². The van der Waals surface area contributed by atoms with Crippen LogP contribution < -0.4 is 10.0 Å². The Morgan fingerprint density at radius 1 is 1.26 bits per heavy atom. The van der Waals surface area contributed by atoms with E-state index in [9.17, 15) is 8.42 Å². The van der Waals surface area contributed by atoms with Crippen molar-refractivity contribution in [3.05, 3.63) is 24.3 Å². The predicted molar refractivity (Wildman–Crippen MR) is 74.6 cm³/mol. The van der Waals surface area contributed by atoms with Gasteiger partial charge in [0, 0.05) is 32.5 Å². The Morgan fingerprint density at radius 2 is 1.84 bits per heavy atom. The number of primary sulfonamides is 1. The van der Waals surface area contributed by atoms with E-state index in [4.69, 9.17) is 9.88 Å². The molecule has 0 radical (unpaired) electrons. The molecular formula is C13H20N2O3S. The summed E-state index contributed by atoms with van der Waals surface area (Å²) in [5, 5.41) is 5.08. The molecule has 0 spiro atoms. The molecule has 6 heteroatoms. The molecule has 0 aliphatic carbocycles. The maximum atomic E-state index is 11.2. The quantitative estimate of drug-likeness (QED) is 0.901. The fourth-order valence-corrected chi connectivity index (χ4v) is 2.96. The van der Waals surface area contributed by atoms with Gasteiger partial charge in [0.15, 0.2) is 0 Å². The number of hydrogen-bond acceptors (Lipinski definition) is 4. The van der Waals surface area contributed by atoms with E-state index in [2.05, 4.69) is 4.90 Å². The fourth-order valence-electron chi connectivity index (χ4n) is 2.44. The van der Waals surface area contributed by atoms with Gasteiger partial charge in [0.2, 0.25) is 10.0 Å². The number of rotatable bonds is 4. The van der Waals surface area contributed by atoms with Crippen LogP contribution in [0, 0.1) is 5.92 Å². The van der Waals surface area contributed by atoms with Crippen LogP contribution in [-0.4, -0.2) is 35.2 Å². The van der Waals surface area contributed by atoms with Gasteiger partial charge >= 0.3 is 0 Å². The summed E-state index contributed by atoms with van der Waals surface area (Å²) in [4.78, 5) is 2.42. The summed E-state index contributed by atoms with van der Waals surface area (Å²) in [5.74, 6) is 0.630. The maximum Gasteiger partial charge on any atom is 0.238 e. The van der Waals surface area contributed by atoms with Gasteiger partial charge in [-0.25, -0.2) is 13.6 Å². The molecule has 106 valence electrons. The second-order valence-electron chi connectivity index (χ2n) is 4.92. The first-order valence-electron chi connectivity index (χ1n) is 6.37. The Kier molecular flexibility index (Phi) is 4.44. The average Bonchev–Trinajstić information content (AvgIpc) is 2.39. The van der Waals surface area contributed by atoms with Crippen molar-refractivity contribution in [1.82, 2.24) is 0 Å². The zero-order valence-corrected chi connectivity index (χ0v) is 11.9. The Balaban J connectivity index is 2.00. The Hall–Kier alpha value is -1.11. The summed E-state index contributed by atoms with van der Waals surface area (Å²) >= 11 is 0. The third kappa shape index (κ3) is 3.68. The third-order valence-corrected chi connectivity index (χ3v) is 4.48. The normalized spacial score (nSPS) is 17.7. The molecular weight excluding hydrogens is 264 g/mol. The van der Waals surface area contributed by atoms with Crippen LogP contribution in [0.5, 0.6) is 0 Å². The van der Waals surface area contributed by atoms with Crippen LogP contribution in [0.2, 0.25) is 0 Å². The van der Waals surface area contributed by atoms with Gasteiger partial charge in [-0.05, 0) is 43.0 Å². The molecule has 2 rings (SSSR count). The second-order valence-corrected chi connectivity index (χ2v) is 6.49. The van der Waals surface area contributed by atoms with E-state index in [0.29, 0.717) is 5.92 Å². The standard InChI is InChI=1S/C13H20N2O3S/c1-18-10-11-6-8-15(9-7-11)12-2-4-13(5-3-12)19(14,16)17/h2-5,11H,6-10H2,1H3,(H2,14,16,17). The van der Waals surface area contributed by atoms with Crippen LogP contribution in [0.1, 0.15) is 12.8 Å². The van der Waals surface area contributed by atoms with E-state index in [-0.39, 0.29) is 4.90 Å². The maximum absolute atomic E-state index is 11.2. The van der Waals surface area contributed by atoms with Gasteiger partial charge in [0.25, 0.3) is 0 Å². The lowest BCUT2D eigenvalue weighted by Gasteiger charge is -2.33. The van der Waals surface area contributed by atoms with E-state index in [1.165, 1.54) is 0 Å². The number of sulfonamides is 1. The van der Waals surface area contributed by atoms with Crippen molar-refractivity contribution < 1.29 is 13.2 Å². The molecule has 5 nitrogen and oxygen atoms in total. The summed E-state index contributed by atoms with van der Waals surface area (Å²) in [6, 6.07) is 6.75. The van der Waals surface area contributed by atoms with Gasteiger partial charge in [-0.15, -0.1) is 0 Å². The summed E-state index contributed by atoms with van der Waals surface area (Å²) in [6.45, 7) is 2.77. The van der Waals surface area contributed by atoms with E-state index in [1.54, 1.807) is 19.2 Å². The smallest absolute Gasteiger partial charge is 0.238 e. The van der Waals surface area contributed by atoms with Crippen molar-refractivity contribution in [3.63, 3.8) is 0 Å². The second kappa shape index (κ2) is 5.90. The number of methoxy groups -OCH3 is 1.